The Balaban J connectivity index is 1.25. The van der Waals surface area contributed by atoms with Gasteiger partial charge >= 0.3 is 0 Å². The summed E-state index contributed by atoms with van der Waals surface area (Å²) in [5.41, 5.74) is 1.12. The van der Waals surface area contributed by atoms with Crippen molar-refractivity contribution in [3.8, 4) is 0 Å². The Bertz CT molecular complexity index is 949. The van der Waals surface area contributed by atoms with E-state index in [2.05, 4.69) is 25.6 Å². The second-order valence-electron chi connectivity index (χ2n) is 8.52. The van der Waals surface area contributed by atoms with E-state index in [0.29, 0.717) is 39.7 Å². The summed E-state index contributed by atoms with van der Waals surface area (Å²) in [5.74, 6) is 1.07. The predicted octanol–water partition coefficient (Wildman–Crippen LogP) is 1.20. The van der Waals surface area contributed by atoms with Gasteiger partial charge in [0, 0.05) is 18.4 Å². The third-order valence-electron chi connectivity index (χ3n) is 6.30. The van der Waals surface area contributed by atoms with Crippen LogP contribution in [-0.2, 0) is 9.47 Å². The van der Waals surface area contributed by atoms with E-state index in [1.807, 2.05) is 0 Å². The molecule has 32 heavy (non-hydrogen) atoms. The highest BCUT2D eigenvalue weighted by Crippen LogP contribution is 2.34. The van der Waals surface area contributed by atoms with Crippen LogP contribution in [0.25, 0.3) is 11.2 Å². The van der Waals surface area contributed by atoms with Crippen molar-refractivity contribution in [1.29, 1.82) is 0 Å². The molecule has 0 spiro atoms. The number of thioether (sulfide) groups is 1. The molecule has 5 unspecified atom stereocenters. The van der Waals surface area contributed by atoms with Gasteiger partial charge in [0.25, 0.3) is 0 Å². The summed E-state index contributed by atoms with van der Waals surface area (Å²) in [5, 5.41) is 28.0. The molecule has 2 saturated heterocycles. The topological polar surface area (TPSA) is 127 Å². The summed E-state index contributed by atoms with van der Waals surface area (Å²) in [6, 6.07) is 0.620. The quantitative estimate of drug-likeness (QED) is 0.445. The van der Waals surface area contributed by atoms with E-state index in [9.17, 15) is 10.2 Å². The van der Waals surface area contributed by atoms with Crippen molar-refractivity contribution in [2.75, 3.05) is 24.3 Å². The van der Waals surface area contributed by atoms with Gasteiger partial charge in [-0.2, -0.15) is 0 Å². The summed E-state index contributed by atoms with van der Waals surface area (Å²) in [7, 11) is 0. The number of rotatable bonds is 6. The lowest BCUT2D eigenvalue weighted by Gasteiger charge is -2.17. The van der Waals surface area contributed by atoms with Crippen molar-refractivity contribution >= 4 is 45.3 Å². The highest BCUT2D eigenvalue weighted by molar-refractivity contribution is 8.23. The first kappa shape index (κ1) is 22.2. The summed E-state index contributed by atoms with van der Waals surface area (Å²) in [6.07, 6.45) is 5.18. The smallest absolute Gasteiger partial charge is 0.167 e. The average molecular weight is 481 g/mol. The first-order valence-corrected chi connectivity index (χ1v) is 12.5. The van der Waals surface area contributed by atoms with E-state index in [-0.39, 0.29) is 6.04 Å². The number of anilines is 1. The van der Waals surface area contributed by atoms with Crippen molar-refractivity contribution in [2.24, 2.45) is 0 Å². The average Bonchev–Trinajstić information content (AvgIpc) is 3.58. The molecule has 2 aliphatic heterocycles. The molecule has 10 nitrogen and oxygen atoms in total. The molecule has 4 N–H and O–H groups in total. The van der Waals surface area contributed by atoms with Gasteiger partial charge in [-0.1, -0.05) is 36.8 Å². The van der Waals surface area contributed by atoms with E-state index in [1.54, 1.807) is 10.9 Å². The zero-order chi connectivity index (χ0) is 22.1. The molecule has 5 rings (SSSR count). The minimum Gasteiger partial charge on any atom is -0.387 e. The molecule has 0 aromatic carbocycles. The van der Waals surface area contributed by atoms with Crippen LogP contribution in [-0.4, -0.2) is 83.4 Å². The molecule has 5 atom stereocenters. The molecule has 4 heterocycles. The maximum absolute atomic E-state index is 10.7. The molecule has 1 aliphatic carbocycles. The van der Waals surface area contributed by atoms with Crippen molar-refractivity contribution in [3.05, 3.63) is 12.7 Å². The summed E-state index contributed by atoms with van der Waals surface area (Å²) < 4.78 is 13.8. The van der Waals surface area contributed by atoms with Gasteiger partial charge in [-0.3, -0.25) is 4.57 Å². The third-order valence-corrected chi connectivity index (χ3v) is 7.64. The zero-order valence-electron chi connectivity index (χ0n) is 17.6. The number of fused-ring (bicyclic) bond motifs is 1. The van der Waals surface area contributed by atoms with Crippen LogP contribution < -0.4 is 10.6 Å². The Hall–Kier alpha value is -1.57. The van der Waals surface area contributed by atoms with Gasteiger partial charge in [0.2, 0.25) is 0 Å². The second kappa shape index (κ2) is 9.74. The number of aliphatic hydroxyl groups is 2. The fourth-order valence-electron chi connectivity index (χ4n) is 4.52. The highest BCUT2D eigenvalue weighted by Gasteiger charge is 2.44. The molecule has 0 radical (unpaired) electrons. The van der Waals surface area contributed by atoms with Crippen LogP contribution in [0.5, 0.6) is 0 Å². The number of nitrogens with zero attached hydrogens (tertiary/aromatic N) is 4. The summed E-state index contributed by atoms with van der Waals surface area (Å²) in [6.45, 7) is 1.35. The van der Waals surface area contributed by atoms with Crippen molar-refractivity contribution in [2.45, 2.75) is 68.7 Å². The molecule has 174 valence electrons. The Morgan fingerprint density at radius 1 is 1.16 bits per heavy atom. The van der Waals surface area contributed by atoms with Gasteiger partial charge < -0.3 is 30.3 Å². The van der Waals surface area contributed by atoms with Gasteiger partial charge in [0.05, 0.1) is 25.1 Å². The van der Waals surface area contributed by atoms with Crippen molar-refractivity contribution in [1.82, 2.24) is 24.8 Å². The van der Waals surface area contributed by atoms with Crippen LogP contribution in [0.1, 0.15) is 38.3 Å². The molecule has 2 aromatic rings. The van der Waals surface area contributed by atoms with Crippen LogP contribution >= 0.6 is 24.0 Å². The Kier molecular flexibility index (Phi) is 6.76. The minimum absolute atomic E-state index is 0.177. The molecule has 3 aliphatic rings. The standard InChI is InChI=1S/C20H28N6O4S2/c27-15-13(8-32-20(31)25-11-3-1-2-4-11)30-19(16(15)28)26-10-23-14-17(21-9-22-18(14)26)24-12-5-6-29-7-12/h9-13,15-16,19,27-28H,1-8H2,(H,25,31)(H,21,22,24). The van der Waals surface area contributed by atoms with E-state index < -0.39 is 24.5 Å². The van der Waals surface area contributed by atoms with Crippen LogP contribution in [0, 0.1) is 0 Å². The molecular formula is C20H28N6O4S2. The van der Waals surface area contributed by atoms with Gasteiger partial charge in [-0.25, -0.2) is 15.0 Å². The first-order chi connectivity index (χ1) is 15.6. The van der Waals surface area contributed by atoms with Crippen molar-refractivity contribution < 1.29 is 19.7 Å². The van der Waals surface area contributed by atoms with Crippen molar-refractivity contribution in [3.63, 3.8) is 0 Å². The normalized spacial score (nSPS) is 30.9. The maximum atomic E-state index is 10.7. The molecule has 1 saturated carbocycles. The number of aliphatic hydroxyl groups excluding tert-OH is 2. The number of nitrogens with one attached hydrogen (secondary N) is 2. The highest BCUT2D eigenvalue weighted by atomic mass is 32.2. The summed E-state index contributed by atoms with van der Waals surface area (Å²) in [4.78, 5) is 13.1. The van der Waals surface area contributed by atoms with Crippen LogP contribution in [0.4, 0.5) is 5.82 Å². The van der Waals surface area contributed by atoms with Gasteiger partial charge in [0.1, 0.15) is 22.9 Å². The first-order valence-electron chi connectivity index (χ1n) is 11.1. The van der Waals surface area contributed by atoms with Gasteiger partial charge in [-0.15, -0.1) is 0 Å². The molecule has 0 amide bonds. The van der Waals surface area contributed by atoms with Crippen LogP contribution in [0.2, 0.25) is 0 Å². The lowest BCUT2D eigenvalue weighted by atomic mass is 10.1. The lowest BCUT2D eigenvalue weighted by Crippen LogP contribution is -2.34. The second-order valence-corrected chi connectivity index (χ2v) is 10.2. The summed E-state index contributed by atoms with van der Waals surface area (Å²) >= 11 is 6.88. The minimum atomic E-state index is -1.11. The molecule has 12 heteroatoms. The molecule has 2 aromatic heterocycles. The maximum Gasteiger partial charge on any atom is 0.167 e. The molecular weight excluding hydrogens is 452 g/mol. The third kappa shape index (κ3) is 4.57. The van der Waals surface area contributed by atoms with E-state index in [1.165, 1.54) is 30.9 Å². The lowest BCUT2D eigenvalue weighted by molar-refractivity contribution is -0.0288. The largest absolute Gasteiger partial charge is 0.387 e. The number of ether oxygens (including phenoxy) is 2. The monoisotopic (exact) mass is 480 g/mol. The zero-order valence-corrected chi connectivity index (χ0v) is 19.2. The number of imidazole rings is 1. The number of aromatic nitrogens is 4. The fraction of sp³-hybridized carbons (Fsp3) is 0.700. The number of thiocarbonyl (C=S) groups is 1. The van der Waals surface area contributed by atoms with E-state index >= 15 is 0 Å². The van der Waals surface area contributed by atoms with Crippen LogP contribution in [0.15, 0.2) is 12.7 Å². The molecule has 3 fully saturated rings. The van der Waals surface area contributed by atoms with Crippen LogP contribution in [0.3, 0.4) is 0 Å². The Labute approximate surface area is 195 Å². The fourth-order valence-corrected chi connectivity index (χ4v) is 5.73. The predicted molar refractivity (Wildman–Crippen MR) is 125 cm³/mol. The van der Waals surface area contributed by atoms with E-state index in [4.69, 9.17) is 21.7 Å². The van der Waals surface area contributed by atoms with E-state index in [0.717, 1.165) is 25.9 Å². The number of hydrogen-bond acceptors (Lipinski definition) is 10. The van der Waals surface area contributed by atoms with Gasteiger partial charge in [0.15, 0.2) is 23.2 Å². The number of hydrogen-bond donors (Lipinski definition) is 4. The van der Waals surface area contributed by atoms with Gasteiger partial charge in [-0.05, 0) is 19.3 Å². The SMILES string of the molecule is OC1C(CSC(=S)NC2CCCC2)OC(n2cnc3c(NC4CCOC4)ncnc32)C1O. The Morgan fingerprint density at radius 2 is 2.00 bits per heavy atom. The Morgan fingerprint density at radius 3 is 2.78 bits per heavy atom. The molecule has 0 bridgehead atoms.